The summed E-state index contributed by atoms with van der Waals surface area (Å²) in [6.07, 6.45) is 0. The van der Waals surface area contributed by atoms with Gasteiger partial charge in [0.1, 0.15) is 0 Å². The summed E-state index contributed by atoms with van der Waals surface area (Å²) in [5.74, 6) is -0.0843. The van der Waals surface area contributed by atoms with Crippen LogP contribution < -0.4 is 10.6 Å². The van der Waals surface area contributed by atoms with E-state index in [1.165, 1.54) is 11.1 Å². The predicted octanol–water partition coefficient (Wildman–Crippen LogP) is 2.73. The van der Waals surface area contributed by atoms with E-state index in [0.717, 1.165) is 5.69 Å². The molecule has 2 aromatic rings. The summed E-state index contributed by atoms with van der Waals surface area (Å²) >= 11 is 0. The largest absolute Gasteiger partial charge is 0.376 e. The summed E-state index contributed by atoms with van der Waals surface area (Å²) in [6, 6.07) is 15.9. The summed E-state index contributed by atoms with van der Waals surface area (Å²) in [7, 11) is 1.63. The zero-order valence-electron chi connectivity index (χ0n) is 11.9. The highest BCUT2D eigenvalue weighted by molar-refractivity contribution is 5.94. The molecule has 0 bridgehead atoms. The monoisotopic (exact) mass is 282 g/mol. The van der Waals surface area contributed by atoms with Crippen molar-refractivity contribution < 1.29 is 9.53 Å². The number of amides is 1. The minimum Gasteiger partial charge on any atom is -0.376 e. The number of rotatable bonds is 3. The van der Waals surface area contributed by atoms with Crippen molar-refractivity contribution in [2.75, 3.05) is 19.0 Å². The summed E-state index contributed by atoms with van der Waals surface area (Å²) in [5, 5.41) is 6.09. The van der Waals surface area contributed by atoms with E-state index in [1.54, 1.807) is 13.1 Å². The second kappa shape index (κ2) is 5.97. The Hall–Kier alpha value is -2.33. The second-order valence-electron chi connectivity index (χ2n) is 5.07. The summed E-state index contributed by atoms with van der Waals surface area (Å²) in [6.45, 7) is 1.29. The summed E-state index contributed by atoms with van der Waals surface area (Å²) in [4.78, 5) is 11.7. The van der Waals surface area contributed by atoms with Gasteiger partial charge in [0.25, 0.3) is 5.91 Å². The molecule has 4 heteroatoms. The molecule has 108 valence electrons. The van der Waals surface area contributed by atoms with Crippen LogP contribution in [-0.2, 0) is 11.3 Å². The Labute approximate surface area is 124 Å². The number of hydrogen-bond donors (Lipinski definition) is 2. The molecule has 1 unspecified atom stereocenters. The van der Waals surface area contributed by atoms with Crippen molar-refractivity contribution in [3.05, 3.63) is 65.2 Å². The van der Waals surface area contributed by atoms with Crippen LogP contribution in [0, 0.1) is 0 Å². The first-order valence-corrected chi connectivity index (χ1v) is 7.02. The Balaban J connectivity index is 1.83. The average Bonchev–Trinajstić information content (AvgIpc) is 2.55. The van der Waals surface area contributed by atoms with Crippen molar-refractivity contribution in [1.29, 1.82) is 0 Å². The van der Waals surface area contributed by atoms with Gasteiger partial charge in [-0.15, -0.1) is 0 Å². The molecule has 3 rings (SSSR count). The fraction of sp³-hybridized carbons (Fsp3) is 0.235. The Morgan fingerprint density at radius 1 is 1.19 bits per heavy atom. The van der Waals surface area contributed by atoms with Gasteiger partial charge in [0, 0.05) is 18.3 Å². The number of benzene rings is 2. The van der Waals surface area contributed by atoms with E-state index in [9.17, 15) is 4.79 Å². The molecule has 1 aliphatic rings. The molecule has 1 atom stereocenters. The number of hydrogen-bond acceptors (Lipinski definition) is 3. The van der Waals surface area contributed by atoms with Gasteiger partial charge in [-0.05, 0) is 29.3 Å². The molecule has 1 heterocycles. The van der Waals surface area contributed by atoms with Gasteiger partial charge in [0.15, 0.2) is 0 Å². The number of nitrogens with one attached hydrogen (secondary N) is 2. The minimum absolute atomic E-state index is 0.0843. The summed E-state index contributed by atoms with van der Waals surface area (Å²) in [5.41, 5.74) is 4.03. The van der Waals surface area contributed by atoms with Crippen molar-refractivity contribution in [1.82, 2.24) is 5.32 Å². The normalized spacial score (nSPS) is 16.9. The second-order valence-corrected chi connectivity index (χ2v) is 5.07. The smallest absolute Gasteiger partial charge is 0.251 e. The van der Waals surface area contributed by atoms with Crippen LogP contribution in [0.4, 0.5) is 5.69 Å². The third-order valence-electron chi connectivity index (χ3n) is 3.67. The van der Waals surface area contributed by atoms with E-state index in [-0.39, 0.29) is 11.9 Å². The summed E-state index contributed by atoms with van der Waals surface area (Å²) < 4.78 is 5.64. The van der Waals surface area contributed by atoms with Gasteiger partial charge in [-0.25, -0.2) is 0 Å². The topological polar surface area (TPSA) is 50.4 Å². The molecule has 2 N–H and O–H groups in total. The SMILES string of the molecule is CNC(=O)c1cccc(NC2COCc3ccccc32)c1. The van der Waals surface area contributed by atoms with E-state index in [4.69, 9.17) is 4.74 Å². The number of carbonyl (C=O) groups is 1. The minimum atomic E-state index is -0.0843. The molecule has 0 spiro atoms. The van der Waals surface area contributed by atoms with Gasteiger partial charge in [-0.2, -0.15) is 0 Å². The number of fused-ring (bicyclic) bond motifs is 1. The maximum atomic E-state index is 11.7. The molecular weight excluding hydrogens is 264 g/mol. The van der Waals surface area contributed by atoms with Gasteiger partial charge in [0.2, 0.25) is 0 Å². The van der Waals surface area contributed by atoms with Gasteiger partial charge in [0.05, 0.1) is 19.3 Å². The first-order valence-electron chi connectivity index (χ1n) is 7.02. The van der Waals surface area contributed by atoms with E-state index < -0.39 is 0 Å². The Morgan fingerprint density at radius 3 is 2.90 bits per heavy atom. The van der Waals surface area contributed by atoms with Crippen LogP contribution >= 0.6 is 0 Å². The maximum absolute atomic E-state index is 11.7. The van der Waals surface area contributed by atoms with Crippen molar-refractivity contribution in [2.24, 2.45) is 0 Å². The standard InChI is InChI=1S/C17H18N2O2/c1-18-17(20)12-6-4-7-14(9-12)19-16-11-21-10-13-5-2-3-8-15(13)16/h2-9,16,19H,10-11H2,1H3,(H,18,20). The highest BCUT2D eigenvalue weighted by Crippen LogP contribution is 2.28. The molecule has 0 aliphatic carbocycles. The van der Waals surface area contributed by atoms with E-state index in [0.29, 0.717) is 18.8 Å². The Bertz CT molecular complexity index is 655. The first kappa shape index (κ1) is 13.6. The zero-order valence-corrected chi connectivity index (χ0v) is 11.9. The van der Waals surface area contributed by atoms with Crippen LogP contribution in [0.1, 0.15) is 27.5 Å². The van der Waals surface area contributed by atoms with Crippen LogP contribution in [-0.4, -0.2) is 19.6 Å². The zero-order chi connectivity index (χ0) is 14.7. The molecule has 21 heavy (non-hydrogen) atoms. The number of carbonyl (C=O) groups excluding carboxylic acids is 1. The fourth-order valence-corrected chi connectivity index (χ4v) is 2.60. The van der Waals surface area contributed by atoms with Crippen LogP contribution in [0.25, 0.3) is 0 Å². The van der Waals surface area contributed by atoms with Crippen LogP contribution in [0.15, 0.2) is 48.5 Å². The Morgan fingerprint density at radius 2 is 2.05 bits per heavy atom. The first-order chi connectivity index (χ1) is 10.3. The van der Waals surface area contributed by atoms with Gasteiger partial charge >= 0.3 is 0 Å². The van der Waals surface area contributed by atoms with Gasteiger partial charge in [-0.1, -0.05) is 30.3 Å². The highest BCUT2D eigenvalue weighted by atomic mass is 16.5. The molecule has 0 saturated carbocycles. The molecule has 0 radical (unpaired) electrons. The van der Waals surface area contributed by atoms with Crippen LogP contribution in [0.3, 0.4) is 0 Å². The molecule has 0 saturated heterocycles. The lowest BCUT2D eigenvalue weighted by Crippen LogP contribution is -2.23. The molecule has 1 amide bonds. The van der Waals surface area contributed by atoms with E-state index >= 15 is 0 Å². The lowest BCUT2D eigenvalue weighted by Gasteiger charge is -2.27. The third-order valence-corrected chi connectivity index (χ3v) is 3.67. The van der Waals surface area contributed by atoms with Gasteiger partial charge in [-0.3, -0.25) is 4.79 Å². The molecular formula is C17H18N2O2. The highest BCUT2D eigenvalue weighted by Gasteiger charge is 2.20. The average molecular weight is 282 g/mol. The maximum Gasteiger partial charge on any atom is 0.251 e. The third kappa shape index (κ3) is 2.90. The predicted molar refractivity (Wildman–Crippen MR) is 82.3 cm³/mol. The molecule has 0 aromatic heterocycles. The van der Waals surface area contributed by atoms with Crippen molar-refractivity contribution >= 4 is 11.6 Å². The lowest BCUT2D eigenvalue weighted by molar-refractivity contribution is 0.0963. The van der Waals surface area contributed by atoms with E-state index in [1.807, 2.05) is 30.3 Å². The number of anilines is 1. The van der Waals surface area contributed by atoms with Crippen molar-refractivity contribution in [2.45, 2.75) is 12.6 Å². The molecule has 4 nitrogen and oxygen atoms in total. The Kier molecular flexibility index (Phi) is 3.88. The molecule has 1 aliphatic heterocycles. The quantitative estimate of drug-likeness (QED) is 0.910. The lowest BCUT2D eigenvalue weighted by atomic mass is 9.99. The van der Waals surface area contributed by atoms with Crippen molar-refractivity contribution in [3.8, 4) is 0 Å². The fourth-order valence-electron chi connectivity index (χ4n) is 2.60. The van der Waals surface area contributed by atoms with Gasteiger partial charge < -0.3 is 15.4 Å². The number of ether oxygens (including phenoxy) is 1. The molecule has 0 fully saturated rings. The van der Waals surface area contributed by atoms with E-state index in [2.05, 4.69) is 22.8 Å². The molecule has 2 aromatic carbocycles. The van der Waals surface area contributed by atoms with Crippen molar-refractivity contribution in [3.63, 3.8) is 0 Å². The van der Waals surface area contributed by atoms with Crippen LogP contribution in [0.2, 0.25) is 0 Å². The van der Waals surface area contributed by atoms with Crippen LogP contribution in [0.5, 0.6) is 0 Å².